The lowest BCUT2D eigenvalue weighted by Crippen LogP contribution is -2.52. The van der Waals surface area contributed by atoms with Crippen LogP contribution in [0.2, 0.25) is 0 Å². The van der Waals surface area contributed by atoms with Gasteiger partial charge in [0.25, 0.3) is 0 Å². The van der Waals surface area contributed by atoms with Gasteiger partial charge in [-0.15, -0.1) is 0 Å². The number of aliphatic imine (C=N–C) groups is 1. The van der Waals surface area contributed by atoms with E-state index in [4.69, 9.17) is 4.99 Å². The summed E-state index contributed by atoms with van der Waals surface area (Å²) in [7, 11) is 0. The molecule has 1 aliphatic heterocycles. The highest BCUT2D eigenvalue weighted by molar-refractivity contribution is 7.09. The zero-order chi connectivity index (χ0) is 21.5. The molecule has 0 atom stereocenters. The van der Waals surface area contributed by atoms with Crippen LogP contribution in [0.1, 0.15) is 31.1 Å². The first kappa shape index (κ1) is 21.3. The summed E-state index contributed by atoms with van der Waals surface area (Å²) in [5.41, 5.74) is 1.26. The predicted molar refractivity (Wildman–Crippen MR) is 126 cm³/mol. The van der Waals surface area contributed by atoms with Crippen molar-refractivity contribution in [3.63, 3.8) is 0 Å². The molecule has 0 spiro atoms. The van der Waals surface area contributed by atoms with E-state index in [0.29, 0.717) is 6.54 Å². The molecule has 0 unspecified atom stereocenters. The molecule has 0 bridgehead atoms. The number of aryl methyl sites for hydroxylation is 1. The van der Waals surface area contributed by atoms with E-state index in [-0.39, 0.29) is 0 Å². The molecular weight excluding hydrogens is 408 g/mol. The van der Waals surface area contributed by atoms with Crippen LogP contribution in [0.3, 0.4) is 0 Å². The minimum absolute atomic E-state index is 0.554. The lowest BCUT2D eigenvalue weighted by Gasteiger charge is -2.36. The predicted octanol–water partition coefficient (Wildman–Crippen LogP) is 2.63. The number of guanidine groups is 1. The van der Waals surface area contributed by atoms with E-state index < -0.39 is 0 Å². The number of piperazine rings is 1. The van der Waals surface area contributed by atoms with Gasteiger partial charge in [0.15, 0.2) is 5.96 Å². The van der Waals surface area contributed by atoms with Gasteiger partial charge in [-0.25, -0.2) is 15.0 Å². The van der Waals surface area contributed by atoms with Crippen LogP contribution in [0.15, 0.2) is 47.7 Å². The Bertz CT molecular complexity index is 972. The fourth-order valence-corrected chi connectivity index (χ4v) is 4.41. The van der Waals surface area contributed by atoms with E-state index in [0.717, 1.165) is 68.4 Å². The van der Waals surface area contributed by atoms with Crippen LogP contribution < -0.4 is 10.2 Å². The third-order valence-electron chi connectivity index (χ3n) is 5.33. The van der Waals surface area contributed by atoms with Gasteiger partial charge in [-0.05, 0) is 12.5 Å². The van der Waals surface area contributed by atoms with Crippen molar-refractivity contribution in [1.29, 1.82) is 0 Å². The number of hydrogen-bond donors (Lipinski definition) is 1. The van der Waals surface area contributed by atoms with Gasteiger partial charge in [0.2, 0.25) is 5.13 Å². The maximum absolute atomic E-state index is 4.90. The summed E-state index contributed by atoms with van der Waals surface area (Å²) in [4.78, 5) is 18.7. The first-order valence-electron chi connectivity index (χ1n) is 10.9. The quantitative estimate of drug-likeness (QED) is 0.452. The van der Waals surface area contributed by atoms with E-state index in [1.807, 2.05) is 18.5 Å². The van der Waals surface area contributed by atoms with Crippen LogP contribution in [0.4, 0.5) is 5.13 Å². The number of nitrogens with one attached hydrogen (secondary N) is 1. The molecule has 164 valence electrons. The lowest BCUT2D eigenvalue weighted by molar-refractivity contribution is 0.372. The van der Waals surface area contributed by atoms with Gasteiger partial charge in [0.1, 0.15) is 18.2 Å². The minimum atomic E-state index is 0.554. The minimum Gasteiger partial charge on any atom is -0.357 e. The van der Waals surface area contributed by atoms with Crippen LogP contribution in [0.5, 0.6) is 0 Å². The highest BCUT2D eigenvalue weighted by Gasteiger charge is 2.22. The average Bonchev–Trinajstić information content (AvgIpc) is 3.47. The summed E-state index contributed by atoms with van der Waals surface area (Å²) in [6.45, 7) is 10.1. The first-order valence-corrected chi connectivity index (χ1v) is 11.7. The van der Waals surface area contributed by atoms with Crippen molar-refractivity contribution in [3.8, 4) is 0 Å². The molecule has 0 aliphatic carbocycles. The van der Waals surface area contributed by atoms with Crippen LogP contribution in [0, 0.1) is 0 Å². The zero-order valence-corrected chi connectivity index (χ0v) is 19.1. The molecule has 8 nitrogen and oxygen atoms in total. The first-order chi connectivity index (χ1) is 15.3. The Morgan fingerprint density at radius 2 is 1.94 bits per heavy atom. The number of rotatable bonds is 7. The van der Waals surface area contributed by atoms with Crippen molar-refractivity contribution >= 4 is 22.6 Å². The molecule has 4 rings (SSSR count). The standard InChI is InChI=1S/C22H30N8S/c1-3-19-26-22(31-27-19)29-14-12-28(13-15-29)21(23-4-2)25-16-20-24-10-11-30(20)17-18-8-6-5-7-9-18/h5-11H,3-4,12-17H2,1-2H3,(H,23,25). The van der Waals surface area contributed by atoms with Gasteiger partial charge in [-0.3, -0.25) is 0 Å². The third kappa shape index (κ3) is 5.41. The molecule has 2 aromatic heterocycles. The highest BCUT2D eigenvalue weighted by atomic mass is 32.1. The Morgan fingerprint density at radius 1 is 1.13 bits per heavy atom. The molecule has 3 aromatic rings. The van der Waals surface area contributed by atoms with Gasteiger partial charge in [-0.1, -0.05) is 37.3 Å². The monoisotopic (exact) mass is 438 g/mol. The second-order valence-corrected chi connectivity index (χ2v) is 8.18. The van der Waals surface area contributed by atoms with E-state index in [9.17, 15) is 0 Å². The van der Waals surface area contributed by atoms with E-state index in [1.54, 1.807) is 0 Å². The summed E-state index contributed by atoms with van der Waals surface area (Å²) < 4.78 is 6.59. The van der Waals surface area contributed by atoms with Gasteiger partial charge >= 0.3 is 0 Å². The summed E-state index contributed by atoms with van der Waals surface area (Å²) >= 11 is 1.50. The SMILES string of the molecule is CCNC(=NCc1nccn1Cc1ccccc1)N1CCN(c2nc(CC)ns2)CC1. The molecule has 1 aromatic carbocycles. The molecule has 0 saturated carbocycles. The molecule has 9 heteroatoms. The maximum atomic E-state index is 4.90. The van der Waals surface area contributed by atoms with Gasteiger partial charge < -0.3 is 19.7 Å². The fraction of sp³-hybridized carbons (Fsp3) is 0.455. The van der Waals surface area contributed by atoms with Crippen molar-refractivity contribution in [2.75, 3.05) is 37.6 Å². The number of nitrogens with zero attached hydrogens (tertiary/aromatic N) is 7. The fourth-order valence-electron chi connectivity index (χ4n) is 3.61. The van der Waals surface area contributed by atoms with Gasteiger partial charge in [-0.2, -0.15) is 4.37 Å². The van der Waals surface area contributed by atoms with Crippen LogP contribution in [-0.4, -0.2) is 62.5 Å². The Balaban J connectivity index is 1.39. The van der Waals surface area contributed by atoms with Crippen LogP contribution in [-0.2, 0) is 19.5 Å². The van der Waals surface area contributed by atoms with Gasteiger partial charge in [0, 0.05) is 69.6 Å². The Kier molecular flexibility index (Phi) is 7.14. The largest absolute Gasteiger partial charge is 0.357 e. The summed E-state index contributed by atoms with van der Waals surface area (Å²) in [6.07, 6.45) is 4.76. The molecule has 1 aliphatic rings. The summed E-state index contributed by atoms with van der Waals surface area (Å²) in [5.74, 6) is 2.85. The second-order valence-electron chi connectivity index (χ2n) is 7.45. The topological polar surface area (TPSA) is 74.5 Å². The molecule has 1 N–H and O–H groups in total. The van der Waals surface area contributed by atoms with Crippen LogP contribution >= 0.6 is 11.5 Å². The van der Waals surface area contributed by atoms with Crippen molar-refractivity contribution in [1.82, 2.24) is 29.1 Å². The zero-order valence-electron chi connectivity index (χ0n) is 18.2. The third-order valence-corrected chi connectivity index (χ3v) is 6.14. The molecule has 0 radical (unpaired) electrons. The van der Waals surface area contributed by atoms with Crippen molar-refractivity contribution < 1.29 is 0 Å². The molecule has 0 amide bonds. The average molecular weight is 439 g/mol. The molecular formula is C22H30N8S. The Labute approximate surface area is 187 Å². The van der Waals surface area contributed by atoms with Crippen molar-refractivity contribution in [2.45, 2.75) is 33.4 Å². The number of imidazole rings is 1. The summed E-state index contributed by atoms with van der Waals surface area (Å²) in [5, 5.41) is 4.48. The van der Waals surface area contributed by atoms with Gasteiger partial charge in [0.05, 0.1) is 0 Å². The number of hydrogen-bond acceptors (Lipinski definition) is 6. The number of benzene rings is 1. The lowest BCUT2D eigenvalue weighted by atomic mass is 10.2. The van der Waals surface area contributed by atoms with Crippen molar-refractivity contribution in [3.05, 3.63) is 59.9 Å². The Hall–Kier alpha value is -2.94. The molecule has 1 fully saturated rings. The van der Waals surface area contributed by atoms with Crippen molar-refractivity contribution in [2.24, 2.45) is 4.99 Å². The molecule has 3 heterocycles. The van der Waals surface area contributed by atoms with Crippen LogP contribution in [0.25, 0.3) is 0 Å². The number of aromatic nitrogens is 4. The van der Waals surface area contributed by atoms with E-state index in [1.165, 1.54) is 17.1 Å². The Morgan fingerprint density at radius 3 is 2.65 bits per heavy atom. The van der Waals surface area contributed by atoms with E-state index in [2.05, 4.69) is 72.1 Å². The second kappa shape index (κ2) is 10.4. The highest BCUT2D eigenvalue weighted by Crippen LogP contribution is 2.19. The normalized spacial score (nSPS) is 14.8. The molecule has 1 saturated heterocycles. The molecule has 31 heavy (non-hydrogen) atoms. The smallest absolute Gasteiger partial charge is 0.205 e. The van der Waals surface area contributed by atoms with E-state index >= 15 is 0 Å². The maximum Gasteiger partial charge on any atom is 0.205 e. The number of anilines is 1. The summed E-state index contributed by atoms with van der Waals surface area (Å²) in [6, 6.07) is 10.4.